The van der Waals surface area contributed by atoms with Crippen LogP contribution in [0.15, 0.2) is 42.2 Å². The molecule has 0 saturated heterocycles. The van der Waals surface area contributed by atoms with Gasteiger partial charge in [-0.3, -0.25) is 4.79 Å². The summed E-state index contributed by atoms with van der Waals surface area (Å²) in [4.78, 5) is 20.7. The Morgan fingerprint density at radius 3 is 2.64 bits per heavy atom. The fourth-order valence-electron chi connectivity index (χ4n) is 3.11. The third-order valence-corrected chi connectivity index (χ3v) is 4.68. The molecule has 0 spiro atoms. The van der Waals surface area contributed by atoms with Crippen molar-refractivity contribution in [3.05, 3.63) is 47.8 Å². The van der Waals surface area contributed by atoms with Crippen LogP contribution in [-0.2, 0) is 0 Å². The molecule has 1 amide bonds. The van der Waals surface area contributed by atoms with E-state index in [0.717, 1.165) is 19.3 Å². The molecule has 2 aromatic rings. The molecule has 0 saturated carbocycles. The summed E-state index contributed by atoms with van der Waals surface area (Å²) < 4.78 is 10.6. The summed E-state index contributed by atoms with van der Waals surface area (Å²) in [6, 6.07) is 5.40. The molecule has 0 fully saturated rings. The van der Waals surface area contributed by atoms with E-state index in [1.54, 1.807) is 26.4 Å². The van der Waals surface area contributed by atoms with Crippen molar-refractivity contribution in [3.63, 3.8) is 0 Å². The molecule has 1 heterocycles. The van der Waals surface area contributed by atoms with Crippen LogP contribution in [0.3, 0.4) is 0 Å². The molecule has 148 valence electrons. The molecular formula is C21H26N4O3. The highest BCUT2D eigenvalue weighted by Gasteiger charge is 2.10. The Bertz CT molecular complexity index is 834. The van der Waals surface area contributed by atoms with Crippen molar-refractivity contribution >= 4 is 17.5 Å². The lowest BCUT2D eigenvalue weighted by Gasteiger charge is -2.13. The van der Waals surface area contributed by atoms with Crippen molar-refractivity contribution in [2.24, 2.45) is 0 Å². The van der Waals surface area contributed by atoms with Gasteiger partial charge >= 0.3 is 0 Å². The molecule has 0 radical (unpaired) electrons. The standard InChI is InChI=1S/C21H26N4O3/c1-27-17-8-9-19(28-2)18(12-17)25-21-23-13-16(14-24-21)20(26)22-11-10-15-6-4-3-5-7-15/h6,8-9,12-14H,3-5,7,10-11H2,1-2H3,(H,22,26)(H,23,24,25). The minimum absolute atomic E-state index is 0.165. The van der Waals surface area contributed by atoms with Crippen LogP contribution in [0.1, 0.15) is 42.5 Å². The summed E-state index contributed by atoms with van der Waals surface area (Å²) in [6.45, 7) is 0.631. The predicted molar refractivity (Wildman–Crippen MR) is 108 cm³/mol. The van der Waals surface area contributed by atoms with Gasteiger partial charge in [-0.05, 0) is 44.2 Å². The fraction of sp³-hybridized carbons (Fsp3) is 0.381. The summed E-state index contributed by atoms with van der Waals surface area (Å²) in [6.07, 6.45) is 11.1. The van der Waals surface area contributed by atoms with Gasteiger partial charge in [0.1, 0.15) is 11.5 Å². The van der Waals surface area contributed by atoms with E-state index in [2.05, 4.69) is 26.7 Å². The number of carbonyl (C=O) groups is 1. The number of methoxy groups -OCH3 is 2. The van der Waals surface area contributed by atoms with Crippen molar-refractivity contribution in [1.29, 1.82) is 0 Å². The maximum Gasteiger partial charge on any atom is 0.254 e. The minimum Gasteiger partial charge on any atom is -0.497 e. The number of rotatable bonds is 8. The summed E-state index contributed by atoms with van der Waals surface area (Å²) >= 11 is 0. The molecule has 2 N–H and O–H groups in total. The second-order valence-corrected chi connectivity index (χ2v) is 6.60. The van der Waals surface area contributed by atoms with Crippen molar-refractivity contribution in [2.75, 3.05) is 26.1 Å². The summed E-state index contributed by atoms with van der Waals surface area (Å²) in [5.74, 6) is 1.54. The number of hydrogen-bond donors (Lipinski definition) is 2. The van der Waals surface area contributed by atoms with E-state index in [0.29, 0.717) is 35.2 Å². The van der Waals surface area contributed by atoms with Gasteiger partial charge in [-0.15, -0.1) is 0 Å². The zero-order valence-corrected chi connectivity index (χ0v) is 16.3. The number of ether oxygens (including phenoxy) is 2. The van der Waals surface area contributed by atoms with Gasteiger partial charge in [-0.2, -0.15) is 0 Å². The fourth-order valence-corrected chi connectivity index (χ4v) is 3.11. The average molecular weight is 382 g/mol. The second-order valence-electron chi connectivity index (χ2n) is 6.60. The number of amides is 1. The van der Waals surface area contributed by atoms with Crippen molar-refractivity contribution in [2.45, 2.75) is 32.1 Å². The summed E-state index contributed by atoms with van der Waals surface area (Å²) in [5.41, 5.74) is 2.55. The highest BCUT2D eigenvalue weighted by Crippen LogP contribution is 2.30. The number of aromatic nitrogens is 2. The summed E-state index contributed by atoms with van der Waals surface area (Å²) in [7, 11) is 3.19. The first kappa shape index (κ1) is 19.7. The van der Waals surface area contributed by atoms with Crippen molar-refractivity contribution in [1.82, 2.24) is 15.3 Å². The molecule has 7 nitrogen and oxygen atoms in total. The van der Waals surface area contributed by atoms with Gasteiger partial charge in [0.05, 0.1) is 25.5 Å². The highest BCUT2D eigenvalue weighted by molar-refractivity contribution is 5.93. The van der Waals surface area contributed by atoms with Gasteiger partial charge < -0.3 is 20.1 Å². The summed E-state index contributed by atoms with van der Waals surface area (Å²) in [5, 5.41) is 6.02. The van der Waals surface area contributed by atoms with E-state index in [1.165, 1.54) is 30.8 Å². The number of carbonyl (C=O) groups excluding carboxylic acids is 1. The Kier molecular flexibility index (Phi) is 6.84. The quantitative estimate of drug-likeness (QED) is 0.675. The monoisotopic (exact) mass is 382 g/mol. The van der Waals surface area contributed by atoms with Crippen molar-refractivity contribution < 1.29 is 14.3 Å². The van der Waals surface area contributed by atoms with Gasteiger partial charge in [0.25, 0.3) is 5.91 Å². The van der Waals surface area contributed by atoms with Gasteiger partial charge in [0.2, 0.25) is 5.95 Å². The lowest BCUT2D eigenvalue weighted by atomic mass is 9.97. The van der Waals surface area contributed by atoms with Crippen LogP contribution in [0.25, 0.3) is 0 Å². The van der Waals surface area contributed by atoms with E-state index in [9.17, 15) is 4.79 Å². The van der Waals surface area contributed by atoms with Crippen LogP contribution in [0.4, 0.5) is 11.6 Å². The molecule has 0 atom stereocenters. The molecule has 0 bridgehead atoms. The Labute approximate surface area is 165 Å². The van der Waals surface area contributed by atoms with Crippen LogP contribution in [0, 0.1) is 0 Å². The Morgan fingerprint density at radius 1 is 1.14 bits per heavy atom. The number of hydrogen-bond acceptors (Lipinski definition) is 6. The Balaban J connectivity index is 1.57. The SMILES string of the molecule is COc1ccc(OC)c(Nc2ncc(C(=O)NCCC3=CCCCC3)cn2)c1. The lowest BCUT2D eigenvalue weighted by Crippen LogP contribution is -2.25. The number of benzene rings is 1. The lowest BCUT2D eigenvalue weighted by molar-refractivity contribution is 0.0953. The van der Waals surface area contributed by atoms with Crippen LogP contribution < -0.4 is 20.1 Å². The van der Waals surface area contributed by atoms with E-state index in [1.807, 2.05) is 6.07 Å². The average Bonchev–Trinajstić information content (AvgIpc) is 2.75. The number of nitrogens with one attached hydrogen (secondary N) is 2. The molecule has 1 aromatic heterocycles. The molecule has 1 aliphatic carbocycles. The zero-order valence-electron chi connectivity index (χ0n) is 16.3. The van der Waals surface area contributed by atoms with E-state index >= 15 is 0 Å². The first-order chi connectivity index (χ1) is 13.7. The van der Waals surface area contributed by atoms with Crippen LogP contribution >= 0.6 is 0 Å². The zero-order chi connectivity index (χ0) is 19.8. The Hall–Kier alpha value is -3.09. The first-order valence-electron chi connectivity index (χ1n) is 9.47. The highest BCUT2D eigenvalue weighted by atomic mass is 16.5. The topological polar surface area (TPSA) is 85.4 Å². The minimum atomic E-state index is -0.165. The normalized spacial score (nSPS) is 13.4. The Morgan fingerprint density at radius 2 is 1.96 bits per heavy atom. The molecular weight excluding hydrogens is 356 g/mol. The number of allylic oxidation sites excluding steroid dienone is 1. The molecule has 3 rings (SSSR count). The van der Waals surface area contributed by atoms with Gasteiger partial charge in [-0.25, -0.2) is 9.97 Å². The van der Waals surface area contributed by atoms with Crippen LogP contribution in [0.5, 0.6) is 11.5 Å². The molecule has 0 unspecified atom stereocenters. The van der Waals surface area contributed by atoms with Gasteiger partial charge in [0, 0.05) is 25.0 Å². The third-order valence-electron chi connectivity index (χ3n) is 4.68. The largest absolute Gasteiger partial charge is 0.497 e. The predicted octanol–water partition coefficient (Wildman–Crippen LogP) is 3.86. The maximum atomic E-state index is 12.3. The van der Waals surface area contributed by atoms with E-state index in [-0.39, 0.29) is 5.91 Å². The van der Waals surface area contributed by atoms with Gasteiger partial charge in [0.15, 0.2) is 0 Å². The second kappa shape index (κ2) is 9.73. The smallest absolute Gasteiger partial charge is 0.254 e. The first-order valence-corrected chi connectivity index (χ1v) is 9.47. The molecule has 1 aromatic carbocycles. The van der Waals surface area contributed by atoms with Crippen LogP contribution in [0.2, 0.25) is 0 Å². The van der Waals surface area contributed by atoms with Crippen molar-refractivity contribution in [3.8, 4) is 11.5 Å². The maximum absolute atomic E-state index is 12.3. The number of nitrogens with zero attached hydrogens (tertiary/aromatic N) is 2. The molecule has 0 aliphatic heterocycles. The molecule has 1 aliphatic rings. The molecule has 7 heteroatoms. The van der Waals surface area contributed by atoms with Gasteiger partial charge in [-0.1, -0.05) is 11.6 Å². The third kappa shape index (κ3) is 5.22. The van der Waals surface area contributed by atoms with E-state index < -0.39 is 0 Å². The van der Waals surface area contributed by atoms with E-state index in [4.69, 9.17) is 9.47 Å². The number of anilines is 2. The molecule has 28 heavy (non-hydrogen) atoms. The van der Waals surface area contributed by atoms with Crippen LogP contribution in [-0.4, -0.2) is 36.6 Å².